The van der Waals surface area contributed by atoms with Gasteiger partial charge >= 0.3 is 6.36 Å². The summed E-state index contributed by atoms with van der Waals surface area (Å²) in [5, 5.41) is 0.972. The van der Waals surface area contributed by atoms with E-state index in [0.29, 0.717) is 17.0 Å². The molecule has 0 unspecified atom stereocenters. The van der Waals surface area contributed by atoms with Gasteiger partial charge in [-0.1, -0.05) is 18.2 Å². The first-order valence-corrected chi connectivity index (χ1v) is 8.17. The van der Waals surface area contributed by atoms with Gasteiger partial charge in [0, 0.05) is 29.3 Å². The Balaban J connectivity index is 1.60. The van der Waals surface area contributed by atoms with Crippen LogP contribution in [0.25, 0.3) is 22.2 Å². The molecule has 0 aliphatic carbocycles. The topological polar surface area (TPSA) is 57.1 Å². The van der Waals surface area contributed by atoms with Crippen LogP contribution < -0.4 is 9.47 Å². The summed E-state index contributed by atoms with van der Waals surface area (Å²) >= 11 is 0. The summed E-state index contributed by atoms with van der Waals surface area (Å²) in [6.07, 6.45) is -1.80. The van der Waals surface area contributed by atoms with Crippen molar-refractivity contribution in [1.29, 1.82) is 0 Å². The number of hydrogen-bond donors (Lipinski definition) is 0. The van der Waals surface area contributed by atoms with Gasteiger partial charge in [-0.05, 0) is 30.3 Å². The zero-order valence-electron chi connectivity index (χ0n) is 14.2. The lowest BCUT2D eigenvalue weighted by Gasteiger charge is -2.10. The third kappa shape index (κ3) is 4.17. The average Bonchev–Trinajstić information content (AvgIpc) is 2.67. The fourth-order valence-electron chi connectivity index (χ4n) is 2.64. The first-order valence-electron chi connectivity index (χ1n) is 8.17. The summed E-state index contributed by atoms with van der Waals surface area (Å²) in [4.78, 5) is 12.4. The maximum atomic E-state index is 12.4. The molecule has 0 amide bonds. The Morgan fingerprint density at radius 1 is 0.786 bits per heavy atom. The van der Waals surface area contributed by atoms with Gasteiger partial charge in [-0.3, -0.25) is 4.98 Å². The van der Waals surface area contributed by atoms with Crippen molar-refractivity contribution in [1.82, 2.24) is 15.0 Å². The third-order valence-corrected chi connectivity index (χ3v) is 3.81. The highest BCUT2D eigenvalue weighted by Gasteiger charge is 2.31. The number of pyridine rings is 1. The van der Waals surface area contributed by atoms with Crippen LogP contribution in [0.5, 0.6) is 17.4 Å². The van der Waals surface area contributed by atoms with Crippen LogP contribution in [0.2, 0.25) is 0 Å². The second-order valence-electron chi connectivity index (χ2n) is 5.78. The smallest absolute Gasteiger partial charge is 0.439 e. The third-order valence-electron chi connectivity index (χ3n) is 3.81. The molecule has 28 heavy (non-hydrogen) atoms. The predicted octanol–water partition coefficient (Wildman–Crippen LogP) is 5.38. The van der Waals surface area contributed by atoms with E-state index in [1.807, 2.05) is 18.2 Å². The molecule has 0 saturated carbocycles. The lowest BCUT2D eigenvalue weighted by Crippen LogP contribution is -2.17. The molecule has 0 bridgehead atoms. The number of aromatic nitrogens is 3. The molecule has 0 radical (unpaired) electrons. The van der Waals surface area contributed by atoms with E-state index in [2.05, 4.69) is 19.7 Å². The van der Waals surface area contributed by atoms with Crippen LogP contribution in [0.1, 0.15) is 0 Å². The molecule has 0 saturated heterocycles. The molecule has 140 valence electrons. The Morgan fingerprint density at radius 3 is 2.54 bits per heavy atom. The first kappa shape index (κ1) is 17.7. The monoisotopic (exact) mass is 383 g/mol. The van der Waals surface area contributed by atoms with Crippen molar-refractivity contribution in [3.8, 4) is 28.6 Å². The summed E-state index contributed by atoms with van der Waals surface area (Å²) in [6.45, 7) is 0. The summed E-state index contributed by atoms with van der Waals surface area (Å²) in [5.74, 6) is 0.458. The first-order chi connectivity index (χ1) is 13.5. The number of fused-ring (bicyclic) bond motifs is 1. The minimum atomic E-state index is -4.76. The van der Waals surface area contributed by atoms with Gasteiger partial charge in [-0.15, -0.1) is 13.2 Å². The van der Waals surface area contributed by atoms with Crippen LogP contribution in [0.3, 0.4) is 0 Å². The number of halogens is 3. The van der Waals surface area contributed by atoms with Gasteiger partial charge in [0.15, 0.2) is 0 Å². The van der Waals surface area contributed by atoms with Gasteiger partial charge in [-0.2, -0.15) is 0 Å². The van der Waals surface area contributed by atoms with Crippen LogP contribution in [0.4, 0.5) is 13.2 Å². The van der Waals surface area contributed by atoms with E-state index >= 15 is 0 Å². The van der Waals surface area contributed by atoms with Crippen molar-refractivity contribution in [2.24, 2.45) is 0 Å². The maximum Gasteiger partial charge on any atom is 0.573 e. The van der Waals surface area contributed by atoms with Crippen LogP contribution in [-0.2, 0) is 0 Å². The van der Waals surface area contributed by atoms with Crippen molar-refractivity contribution in [2.75, 3.05) is 0 Å². The van der Waals surface area contributed by atoms with Gasteiger partial charge < -0.3 is 9.47 Å². The van der Waals surface area contributed by atoms with Gasteiger partial charge in [0.05, 0.1) is 11.2 Å². The lowest BCUT2D eigenvalue weighted by atomic mass is 10.1. The second-order valence-corrected chi connectivity index (χ2v) is 5.78. The maximum absolute atomic E-state index is 12.4. The van der Waals surface area contributed by atoms with Crippen LogP contribution in [0, 0.1) is 0 Å². The summed E-state index contributed by atoms with van der Waals surface area (Å²) in [7, 11) is 0. The van der Waals surface area contributed by atoms with Crippen LogP contribution in [0.15, 0.2) is 73.2 Å². The van der Waals surface area contributed by atoms with Gasteiger partial charge in [0.1, 0.15) is 17.8 Å². The summed E-state index contributed by atoms with van der Waals surface area (Å²) in [5.41, 5.74) is 1.61. The average molecular weight is 383 g/mol. The highest BCUT2D eigenvalue weighted by molar-refractivity contribution is 5.79. The fraction of sp³-hybridized carbons (Fsp3) is 0.0500. The van der Waals surface area contributed by atoms with Crippen LogP contribution in [-0.4, -0.2) is 21.3 Å². The van der Waals surface area contributed by atoms with E-state index in [9.17, 15) is 13.2 Å². The van der Waals surface area contributed by atoms with E-state index in [0.717, 1.165) is 10.9 Å². The van der Waals surface area contributed by atoms with Crippen molar-refractivity contribution in [2.45, 2.75) is 6.36 Å². The van der Waals surface area contributed by atoms with Crippen molar-refractivity contribution >= 4 is 10.9 Å². The van der Waals surface area contributed by atoms with Gasteiger partial charge in [-0.25, -0.2) is 9.97 Å². The molecule has 5 nitrogen and oxygen atoms in total. The Bertz CT molecular complexity index is 1130. The summed E-state index contributed by atoms with van der Waals surface area (Å²) in [6, 6.07) is 16.3. The zero-order valence-corrected chi connectivity index (χ0v) is 14.2. The van der Waals surface area contributed by atoms with Crippen molar-refractivity contribution < 1.29 is 22.6 Å². The molecule has 0 N–H and O–H groups in total. The lowest BCUT2D eigenvalue weighted by molar-refractivity contribution is -0.274. The van der Waals surface area contributed by atoms with E-state index in [1.54, 1.807) is 24.4 Å². The normalized spacial score (nSPS) is 11.4. The van der Waals surface area contributed by atoms with E-state index in [4.69, 9.17) is 4.74 Å². The molecule has 4 aromatic rings. The predicted molar refractivity (Wildman–Crippen MR) is 96.0 cm³/mol. The zero-order chi connectivity index (χ0) is 19.6. The van der Waals surface area contributed by atoms with Crippen LogP contribution >= 0.6 is 0 Å². The minimum absolute atomic E-state index is 0.252. The molecule has 2 heterocycles. The van der Waals surface area contributed by atoms with E-state index in [1.165, 1.54) is 30.6 Å². The number of nitrogens with zero attached hydrogens (tertiary/aromatic N) is 3. The molecule has 0 fully saturated rings. The van der Waals surface area contributed by atoms with Crippen molar-refractivity contribution in [3.05, 3.63) is 73.2 Å². The fourth-order valence-corrected chi connectivity index (χ4v) is 2.64. The largest absolute Gasteiger partial charge is 0.573 e. The number of rotatable bonds is 4. The SMILES string of the molecule is FC(F)(F)Oc1cccc(-c2cc(Oc3ccc4cccnc4c3)ncn2)c1. The Labute approximate surface area is 157 Å². The molecule has 8 heteroatoms. The second kappa shape index (κ2) is 7.15. The molecule has 0 atom stereocenters. The standard InChI is InChI=1S/C20H12F3N3O2/c21-20(22,23)28-16-5-1-3-14(9-16)18-11-19(26-12-25-18)27-15-7-6-13-4-2-8-24-17(13)10-15/h1-12H. The molecule has 2 aromatic heterocycles. The molecule has 0 aliphatic heterocycles. The molecule has 0 spiro atoms. The molecular formula is C20H12F3N3O2. The highest BCUT2D eigenvalue weighted by atomic mass is 19.4. The molecule has 2 aromatic carbocycles. The number of ether oxygens (including phenoxy) is 2. The quantitative estimate of drug-likeness (QED) is 0.473. The Kier molecular flexibility index (Phi) is 4.52. The van der Waals surface area contributed by atoms with Gasteiger partial charge in [0.25, 0.3) is 0 Å². The highest BCUT2D eigenvalue weighted by Crippen LogP contribution is 2.29. The molecule has 0 aliphatic rings. The minimum Gasteiger partial charge on any atom is -0.439 e. The number of benzene rings is 2. The van der Waals surface area contributed by atoms with Crippen molar-refractivity contribution in [3.63, 3.8) is 0 Å². The van der Waals surface area contributed by atoms with Gasteiger partial charge in [0.2, 0.25) is 5.88 Å². The van der Waals surface area contributed by atoms with E-state index in [-0.39, 0.29) is 11.6 Å². The number of hydrogen-bond acceptors (Lipinski definition) is 5. The summed E-state index contributed by atoms with van der Waals surface area (Å²) < 4.78 is 47.0. The Morgan fingerprint density at radius 2 is 1.68 bits per heavy atom. The Hall–Kier alpha value is -3.68. The molecular weight excluding hydrogens is 371 g/mol. The van der Waals surface area contributed by atoms with E-state index < -0.39 is 6.36 Å². The molecule has 4 rings (SSSR count). The number of alkyl halides is 3.